The lowest BCUT2D eigenvalue weighted by Crippen LogP contribution is -2.32. The Hall–Kier alpha value is -3.07. The van der Waals surface area contributed by atoms with Crippen molar-refractivity contribution < 1.29 is 22.7 Å². The largest absolute Gasteiger partial charge is 0.491 e. The molecule has 2 aromatic carbocycles. The van der Waals surface area contributed by atoms with E-state index in [-0.39, 0.29) is 22.4 Å². The molecule has 0 fully saturated rings. The lowest BCUT2D eigenvalue weighted by Gasteiger charge is -2.17. The number of fused-ring (bicyclic) bond motifs is 1. The van der Waals surface area contributed by atoms with E-state index >= 15 is 0 Å². The van der Waals surface area contributed by atoms with E-state index in [0.29, 0.717) is 43.1 Å². The van der Waals surface area contributed by atoms with Crippen LogP contribution in [0.2, 0.25) is 0 Å². The predicted molar refractivity (Wildman–Crippen MR) is 114 cm³/mol. The second-order valence-corrected chi connectivity index (χ2v) is 8.55. The smallest absolute Gasteiger partial charge is 0.261 e. The van der Waals surface area contributed by atoms with Gasteiger partial charge in [-0.15, -0.1) is 0 Å². The van der Waals surface area contributed by atoms with Crippen LogP contribution in [0.1, 0.15) is 37.0 Å². The van der Waals surface area contributed by atoms with Gasteiger partial charge < -0.3 is 15.0 Å². The molecule has 1 aliphatic heterocycles. The minimum atomic E-state index is -3.87. The summed E-state index contributed by atoms with van der Waals surface area (Å²) < 4.78 is 33.6. The Morgan fingerprint density at radius 2 is 1.80 bits per heavy atom. The molecular weight excluding hydrogens is 406 g/mol. The number of ether oxygens (including phenoxy) is 1. The van der Waals surface area contributed by atoms with Gasteiger partial charge in [-0.2, -0.15) is 0 Å². The van der Waals surface area contributed by atoms with E-state index in [1.807, 2.05) is 13.8 Å². The third-order valence-corrected chi connectivity index (χ3v) is 6.07. The molecule has 0 saturated carbocycles. The summed E-state index contributed by atoms with van der Waals surface area (Å²) >= 11 is 0. The summed E-state index contributed by atoms with van der Waals surface area (Å²) in [5, 5.41) is 2.72. The van der Waals surface area contributed by atoms with E-state index < -0.39 is 10.0 Å². The fraction of sp³-hybridized carbons (Fsp3) is 0.333. The molecule has 0 spiro atoms. The minimum absolute atomic E-state index is 0.0451. The van der Waals surface area contributed by atoms with Gasteiger partial charge in [-0.05, 0) is 55.8 Å². The molecule has 0 aliphatic carbocycles. The molecule has 0 saturated heterocycles. The summed E-state index contributed by atoms with van der Waals surface area (Å²) in [5.74, 6) is 0.119. The second kappa shape index (κ2) is 9.17. The topological polar surface area (TPSA) is 105 Å². The first-order valence-corrected chi connectivity index (χ1v) is 11.3. The molecule has 30 heavy (non-hydrogen) atoms. The Bertz CT molecular complexity index is 1040. The van der Waals surface area contributed by atoms with Crippen LogP contribution in [0.25, 0.3) is 0 Å². The fourth-order valence-electron chi connectivity index (χ4n) is 3.11. The fourth-order valence-corrected chi connectivity index (χ4v) is 4.16. The normalized spacial score (nSPS) is 13.8. The molecule has 0 aromatic heterocycles. The zero-order valence-electron chi connectivity index (χ0n) is 17.0. The van der Waals surface area contributed by atoms with Crippen LogP contribution in [-0.2, 0) is 14.8 Å². The molecule has 8 nitrogen and oxygen atoms in total. The molecule has 160 valence electrons. The number of carbonyl (C=O) groups is 2. The Balaban J connectivity index is 1.79. The van der Waals surface area contributed by atoms with Crippen LogP contribution in [0.15, 0.2) is 47.4 Å². The summed E-state index contributed by atoms with van der Waals surface area (Å²) in [6.45, 7) is 5.19. The van der Waals surface area contributed by atoms with E-state index in [2.05, 4.69) is 10.0 Å². The van der Waals surface area contributed by atoms with E-state index in [1.165, 1.54) is 30.3 Å². The van der Waals surface area contributed by atoms with Gasteiger partial charge in [-0.3, -0.25) is 14.3 Å². The van der Waals surface area contributed by atoms with E-state index in [0.717, 1.165) is 6.42 Å². The maximum atomic E-state index is 12.8. The molecule has 0 atom stereocenters. The number of rotatable bonds is 7. The van der Waals surface area contributed by atoms with Crippen molar-refractivity contribution in [2.45, 2.75) is 31.6 Å². The van der Waals surface area contributed by atoms with Gasteiger partial charge >= 0.3 is 0 Å². The summed E-state index contributed by atoms with van der Waals surface area (Å²) in [5.41, 5.74) is 1.12. The maximum absolute atomic E-state index is 12.8. The highest BCUT2D eigenvalue weighted by molar-refractivity contribution is 7.92. The van der Waals surface area contributed by atoms with E-state index in [4.69, 9.17) is 4.74 Å². The Labute approximate surface area is 176 Å². The summed E-state index contributed by atoms with van der Waals surface area (Å²) in [6, 6.07) is 10.6. The van der Waals surface area contributed by atoms with Gasteiger partial charge in [0.05, 0.1) is 17.0 Å². The molecule has 0 bridgehead atoms. The standard InChI is InChI=1S/C21H25N3O5S/c1-3-5-20(25)22-15-6-9-17(10-7-15)30(27,28)23-16-8-11-19-18(14-16)21(26)24(4-2)12-13-29-19/h6-11,14,23H,3-5,12-13H2,1-2H3,(H,22,25). The van der Waals surface area contributed by atoms with Crippen LogP contribution in [0.4, 0.5) is 11.4 Å². The van der Waals surface area contributed by atoms with Crippen molar-refractivity contribution in [3.8, 4) is 5.75 Å². The lowest BCUT2D eigenvalue weighted by atomic mass is 10.1. The summed E-state index contributed by atoms with van der Waals surface area (Å²) in [4.78, 5) is 26.0. The number of nitrogens with zero attached hydrogens (tertiary/aromatic N) is 1. The Morgan fingerprint density at radius 3 is 2.47 bits per heavy atom. The molecular formula is C21H25N3O5S. The van der Waals surface area contributed by atoms with Crippen LogP contribution >= 0.6 is 0 Å². The van der Waals surface area contributed by atoms with Crippen molar-refractivity contribution in [1.29, 1.82) is 0 Å². The zero-order chi connectivity index (χ0) is 21.7. The van der Waals surface area contributed by atoms with Crippen LogP contribution in [0.5, 0.6) is 5.75 Å². The maximum Gasteiger partial charge on any atom is 0.261 e. The van der Waals surface area contributed by atoms with Crippen LogP contribution in [-0.4, -0.2) is 44.8 Å². The number of anilines is 2. The van der Waals surface area contributed by atoms with Gasteiger partial charge in [0, 0.05) is 24.3 Å². The molecule has 2 N–H and O–H groups in total. The van der Waals surface area contributed by atoms with E-state index in [9.17, 15) is 18.0 Å². The molecule has 0 unspecified atom stereocenters. The number of hydrogen-bond acceptors (Lipinski definition) is 5. The molecule has 2 aromatic rings. The molecule has 0 radical (unpaired) electrons. The highest BCUT2D eigenvalue weighted by atomic mass is 32.2. The average Bonchev–Trinajstić information content (AvgIpc) is 2.87. The Kier molecular flexibility index (Phi) is 6.61. The van der Waals surface area contributed by atoms with Gasteiger partial charge in [0.15, 0.2) is 0 Å². The van der Waals surface area contributed by atoms with Gasteiger partial charge in [0.1, 0.15) is 12.4 Å². The highest BCUT2D eigenvalue weighted by Gasteiger charge is 2.24. The number of sulfonamides is 1. The SMILES string of the molecule is CCCC(=O)Nc1ccc(S(=O)(=O)Nc2ccc3c(c2)C(=O)N(CC)CCO3)cc1. The number of benzene rings is 2. The molecule has 2 amide bonds. The monoisotopic (exact) mass is 431 g/mol. The average molecular weight is 432 g/mol. The van der Waals surface area contributed by atoms with Crippen molar-refractivity contribution in [2.75, 3.05) is 29.7 Å². The molecule has 1 aliphatic rings. The summed E-state index contributed by atoms with van der Waals surface area (Å²) in [6.07, 6.45) is 1.13. The highest BCUT2D eigenvalue weighted by Crippen LogP contribution is 2.28. The van der Waals surface area contributed by atoms with Crippen molar-refractivity contribution >= 4 is 33.2 Å². The minimum Gasteiger partial charge on any atom is -0.491 e. The first kappa shape index (κ1) is 21.6. The van der Waals surface area contributed by atoms with Crippen molar-refractivity contribution in [3.63, 3.8) is 0 Å². The van der Waals surface area contributed by atoms with Gasteiger partial charge in [-0.1, -0.05) is 6.92 Å². The van der Waals surface area contributed by atoms with Crippen molar-refractivity contribution in [3.05, 3.63) is 48.0 Å². The van der Waals surface area contributed by atoms with Crippen LogP contribution < -0.4 is 14.8 Å². The molecule has 9 heteroatoms. The van der Waals surface area contributed by atoms with Gasteiger partial charge in [0.25, 0.3) is 15.9 Å². The second-order valence-electron chi connectivity index (χ2n) is 6.87. The molecule has 1 heterocycles. The van der Waals surface area contributed by atoms with Crippen LogP contribution in [0, 0.1) is 0 Å². The van der Waals surface area contributed by atoms with Gasteiger partial charge in [0.2, 0.25) is 5.91 Å². The first-order valence-electron chi connectivity index (χ1n) is 9.83. The number of carbonyl (C=O) groups excluding carboxylic acids is 2. The molecule has 3 rings (SSSR count). The Morgan fingerprint density at radius 1 is 1.10 bits per heavy atom. The quantitative estimate of drug-likeness (QED) is 0.701. The lowest BCUT2D eigenvalue weighted by molar-refractivity contribution is -0.116. The van der Waals surface area contributed by atoms with E-state index in [1.54, 1.807) is 17.0 Å². The van der Waals surface area contributed by atoms with Crippen molar-refractivity contribution in [1.82, 2.24) is 4.90 Å². The third kappa shape index (κ3) is 4.91. The third-order valence-electron chi connectivity index (χ3n) is 4.68. The first-order chi connectivity index (χ1) is 14.3. The number of hydrogen-bond donors (Lipinski definition) is 2. The van der Waals surface area contributed by atoms with Gasteiger partial charge in [-0.25, -0.2) is 8.42 Å². The number of amides is 2. The van der Waals surface area contributed by atoms with Crippen molar-refractivity contribution in [2.24, 2.45) is 0 Å². The number of likely N-dealkylation sites (N-methyl/N-ethyl adjacent to an activating group) is 1. The zero-order valence-corrected chi connectivity index (χ0v) is 17.8. The predicted octanol–water partition coefficient (Wildman–Crippen LogP) is 3.08. The van der Waals surface area contributed by atoms with Crippen LogP contribution in [0.3, 0.4) is 0 Å². The number of nitrogens with one attached hydrogen (secondary N) is 2. The summed E-state index contributed by atoms with van der Waals surface area (Å²) in [7, 11) is -3.87.